The number of hydrogen-bond donors (Lipinski definition) is 1. The van der Waals surface area contributed by atoms with Crippen molar-refractivity contribution in [2.75, 3.05) is 6.54 Å². The number of amides is 1. The van der Waals surface area contributed by atoms with E-state index in [-0.39, 0.29) is 28.1 Å². The van der Waals surface area contributed by atoms with E-state index >= 15 is 0 Å². The Morgan fingerprint density at radius 2 is 2.04 bits per heavy atom. The van der Waals surface area contributed by atoms with Gasteiger partial charge < -0.3 is 10.0 Å². The molecule has 130 valence electrons. The summed E-state index contributed by atoms with van der Waals surface area (Å²) in [5.41, 5.74) is 2.31. The third kappa shape index (κ3) is 3.49. The van der Waals surface area contributed by atoms with Gasteiger partial charge in [0, 0.05) is 19.0 Å². The average molecular weight is 360 g/mol. The largest absolute Gasteiger partial charge is 0.478 e. The lowest BCUT2D eigenvalue weighted by atomic mass is 9.97. The second-order valence-corrected chi connectivity index (χ2v) is 6.75. The van der Waals surface area contributed by atoms with Crippen LogP contribution in [0.15, 0.2) is 24.4 Å². The van der Waals surface area contributed by atoms with Gasteiger partial charge in [-0.1, -0.05) is 31.5 Å². The van der Waals surface area contributed by atoms with E-state index in [1.54, 1.807) is 17.0 Å². The summed E-state index contributed by atoms with van der Waals surface area (Å²) in [4.78, 5) is 34.1. The molecule has 6 nitrogen and oxygen atoms in total. The Morgan fingerprint density at radius 1 is 1.28 bits per heavy atom. The molecule has 1 amide bonds. The normalized spacial score (nSPS) is 13.7. The molecule has 0 saturated heterocycles. The maximum Gasteiger partial charge on any atom is 0.335 e. The molecular formula is C18H18ClN3O3. The van der Waals surface area contributed by atoms with Gasteiger partial charge in [0.05, 0.1) is 16.8 Å². The molecule has 0 saturated carbocycles. The van der Waals surface area contributed by atoms with Gasteiger partial charge >= 0.3 is 5.97 Å². The van der Waals surface area contributed by atoms with E-state index in [0.29, 0.717) is 25.3 Å². The van der Waals surface area contributed by atoms with Crippen molar-refractivity contribution in [3.05, 3.63) is 57.6 Å². The minimum atomic E-state index is -0.980. The standard InChI is InChI=1S/C18H18ClN3O3/c1-10(2)16-20-8-14(19)15(21-16)17(23)22-6-5-11-3-4-12(18(24)25)7-13(11)9-22/h3-4,7-8,10H,5-6,9H2,1-2H3,(H,24,25). The maximum absolute atomic E-state index is 12.9. The van der Waals surface area contributed by atoms with E-state index in [1.807, 2.05) is 19.9 Å². The van der Waals surface area contributed by atoms with E-state index in [9.17, 15) is 9.59 Å². The zero-order valence-corrected chi connectivity index (χ0v) is 14.7. The molecule has 0 aliphatic carbocycles. The van der Waals surface area contributed by atoms with Crippen molar-refractivity contribution in [2.24, 2.45) is 0 Å². The highest BCUT2D eigenvalue weighted by Crippen LogP contribution is 2.24. The van der Waals surface area contributed by atoms with Crippen LogP contribution < -0.4 is 0 Å². The molecule has 0 bridgehead atoms. The lowest BCUT2D eigenvalue weighted by Crippen LogP contribution is -2.37. The number of benzene rings is 1. The first kappa shape index (κ1) is 17.4. The fraction of sp³-hybridized carbons (Fsp3) is 0.333. The van der Waals surface area contributed by atoms with Crippen LogP contribution in [0.3, 0.4) is 0 Å². The third-order valence-electron chi connectivity index (χ3n) is 4.23. The minimum absolute atomic E-state index is 0.0871. The Bertz CT molecular complexity index is 851. The number of fused-ring (bicyclic) bond motifs is 1. The number of halogens is 1. The number of carboxylic acids is 1. The van der Waals surface area contributed by atoms with Gasteiger partial charge in [0.25, 0.3) is 5.91 Å². The monoisotopic (exact) mass is 359 g/mol. The SMILES string of the molecule is CC(C)c1ncc(Cl)c(C(=O)N2CCc3ccc(C(=O)O)cc3C2)n1. The van der Waals surface area contributed by atoms with Crippen LogP contribution >= 0.6 is 11.6 Å². The molecule has 3 rings (SSSR count). The van der Waals surface area contributed by atoms with Crippen molar-refractivity contribution >= 4 is 23.5 Å². The van der Waals surface area contributed by atoms with Crippen LogP contribution in [0.4, 0.5) is 0 Å². The number of nitrogens with zero attached hydrogens (tertiary/aromatic N) is 3. The van der Waals surface area contributed by atoms with Crippen LogP contribution in [-0.2, 0) is 13.0 Å². The molecule has 2 aromatic rings. The van der Waals surface area contributed by atoms with Crippen LogP contribution in [0.5, 0.6) is 0 Å². The van der Waals surface area contributed by atoms with Gasteiger partial charge in [0.2, 0.25) is 0 Å². The van der Waals surface area contributed by atoms with Crippen LogP contribution in [0.1, 0.15) is 57.6 Å². The molecule has 1 aromatic heterocycles. The summed E-state index contributed by atoms with van der Waals surface area (Å²) in [6.45, 7) is 4.77. The summed E-state index contributed by atoms with van der Waals surface area (Å²) in [7, 11) is 0. The van der Waals surface area contributed by atoms with Crippen molar-refractivity contribution < 1.29 is 14.7 Å². The van der Waals surface area contributed by atoms with Crippen LogP contribution in [0, 0.1) is 0 Å². The van der Waals surface area contributed by atoms with E-state index in [2.05, 4.69) is 9.97 Å². The molecule has 0 spiro atoms. The van der Waals surface area contributed by atoms with Crippen molar-refractivity contribution in [1.29, 1.82) is 0 Å². The summed E-state index contributed by atoms with van der Waals surface area (Å²) < 4.78 is 0. The molecule has 7 heteroatoms. The van der Waals surface area contributed by atoms with Crippen LogP contribution in [-0.4, -0.2) is 38.4 Å². The highest BCUT2D eigenvalue weighted by atomic mass is 35.5. The molecule has 1 N–H and O–H groups in total. The highest BCUT2D eigenvalue weighted by Gasteiger charge is 2.26. The predicted octanol–water partition coefficient (Wildman–Crippen LogP) is 3.15. The molecule has 0 atom stereocenters. The highest BCUT2D eigenvalue weighted by molar-refractivity contribution is 6.33. The molecular weight excluding hydrogens is 342 g/mol. The Hall–Kier alpha value is -2.47. The molecule has 0 unspecified atom stereocenters. The lowest BCUT2D eigenvalue weighted by Gasteiger charge is -2.29. The summed E-state index contributed by atoms with van der Waals surface area (Å²) >= 11 is 6.13. The number of carbonyl (C=O) groups excluding carboxylic acids is 1. The first-order valence-electron chi connectivity index (χ1n) is 8.03. The molecule has 1 aromatic carbocycles. The number of carbonyl (C=O) groups is 2. The van der Waals surface area contributed by atoms with E-state index in [0.717, 1.165) is 11.1 Å². The smallest absolute Gasteiger partial charge is 0.335 e. The fourth-order valence-corrected chi connectivity index (χ4v) is 2.99. The zero-order chi connectivity index (χ0) is 18.1. The summed E-state index contributed by atoms with van der Waals surface area (Å²) in [5, 5.41) is 9.37. The van der Waals surface area contributed by atoms with E-state index in [1.165, 1.54) is 6.20 Å². The fourth-order valence-electron chi connectivity index (χ4n) is 2.82. The lowest BCUT2D eigenvalue weighted by molar-refractivity contribution is 0.0696. The van der Waals surface area contributed by atoms with Gasteiger partial charge in [-0.05, 0) is 29.7 Å². The van der Waals surface area contributed by atoms with Gasteiger partial charge in [-0.25, -0.2) is 14.8 Å². The molecule has 0 fully saturated rings. The molecule has 1 aliphatic heterocycles. The zero-order valence-electron chi connectivity index (χ0n) is 14.0. The Labute approximate surface area is 150 Å². The van der Waals surface area contributed by atoms with E-state index < -0.39 is 5.97 Å². The quantitative estimate of drug-likeness (QED) is 0.910. The van der Waals surface area contributed by atoms with E-state index in [4.69, 9.17) is 16.7 Å². The Morgan fingerprint density at radius 3 is 2.72 bits per heavy atom. The Kier molecular flexibility index (Phi) is 4.72. The van der Waals surface area contributed by atoms with Crippen molar-refractivity contribution in [3.63, 3.8) is 0 Å². The van der Waals surface area contributed by atoms with Gasteiger partial charge in [0.1, 0.15) is 5.82 Å². The second-order valence-electron chi connectivity index (χ2n) is 6.34. The molecule has 25 heavy (non-hydrogen) atoms. The maximum atomic E-state index is 12.9. The number of hydrogen-bond acceptors (Lipinski definition) is 4. The van der Waals surface area contributed by atoms with Crippen molar-refractivity contribution in [3.8, 4) is 0 Å². The second kappa shape index (κ2) is 6.80. The predicted molar refractivity (Wildman–Crippen MR) is 93.0 cm³/mol. The summed E-state index contributed by atoms with van der Waals surface area (Å²) in [5.74, 6) is -0.588. The van der Waals surface area contributed by atoms with Gasteiger partial charge in [0.15, 0.2) is 5.69 Å². The average Bonchev–Trinajstić information content (AvgIpc) is 2.60. The first-order chi connectivity index (χ1) is 11.9. The molecule has 1 aliphatic rings. The number of carboxylic acid groups (broad SMARTS) is 1. The van der Waals surface area contributed by atoms with Gasteiger partial charge in [-0.15, -0.1) is 0 Å². The number of aromatic carboxylic acids is 1. The van der Waals surface area contributed by atoms with Crippen LogP contribution in [0.25, 0.3) is 0 Å². The van der Waals surface area contributed by atoms with Crippen molar-refractivity contribution in [1.82, 2.24) is 14.9 Å². The minimum Gasteiger partial charge on any atom is -0.478 e. The van der Waals surface area contributed by atoms with Crippen LogP contribution in [0.2, 0.25) is 5.02 Å². The summed E-state index contributed by atoms with van der Waals surface area (Å²) in [6, 6.07) is 5.03. The summed E-state index contributed by atoms with van der Waals surface area (Å²) in [6.07, 6.45) is 2.12. The molecule has 0 radical (unpaired) electrons. The topological polar surface area (TPSA) is 83.4 Å². The van der Waals surface area contributed by atoms with Crippen molar-refractivity contribution in [2.45, 2.75) is 32.7 Å². The first-order valence-corrected chi connectivity index (χ1v) is 8.41. The van der Waals surface area contributed by atoms with Gasteiger partial charge in [-0.3, -0.25) is 4.79 Å². The molecule has 2 heterocycles. The third-order valence-corrected chi connectivity index (χ3v) is 4.51. The number of rotatable bonds is 3. The van der Waals surface area contributed by atoms with Gasteiger partial charge in [-0.2, -0.15) is 0 Å². The Balaban J connectivity index is 1.89. The number of aromatic nitrogens is 2.